The summed E-state index contributed by atoms with van der Waals surface area (Å²) in [5.41, 5.74) is 1.51. The Morgan fingerprint density at radius 1 is 1.17 bits per heavy atom. The smallest absolute Gasteiger partial charge is 0.267 e. The lowest BCUT2D eigenvalue weighted by Gasteiger charge is -2.04. The van der Waals surface area contributed by atoms with Crippen molar-refractivity contribution in [3.05, 3.63) is 69.7 Å². The second-order valence-electron chi connectivity index (χ2n) is 6.49. The van der Waals surface area contributed by atoms with Crippen LogP contribution in [-0.4, -0.2) is 20.7 Å². The zero-order valence-electron chi connectivity index (χ0n) is 15.2. The summed E-state index contributed by atoms with van der Waals surface area (Å²) < 4.78 is 29.3. The average molecular weight is 461 g/mol. The molecule has 0 aliphatic rings. The minimum absolute atomic E-state index is 0.0262. The Morgan fingerprint density at radius 2 is 1.97 bits per heavy atom. The van der Waals surface area contributed by atoms with E-state index in [1.807, 2.05) is 25.1 Å². The number of aryl methyl sites for hydroxylation is 1. The molecule has 0 fully saturated rings. The summed E-state index contributed by atoms with van der Waals surface area (Å²) in [7, 11) is 0. The van der Waals surface area contributed by atoms with Crippen LogP contribution >= 0.6 is 34.3 Å². The van der Waals surface area contributed by atoms with Gasteiger partial charge in [-0.25, -0.2) is 18.4 Å². The fourth-order valence-corrected chi connectivity index (χ4v) is 5.30. The van der Waals surface area contributed by atoms with Gasteiger partial charge < -0.3 is 0 Å². The molecule has 0 bridgehead atoms. The highest BCUT2D eigenvalue weighted by molar-refractivity contribution is 7.23. The Bertz CT molecular complexity index is 1460. The van der Waals surface area contributed by atoms with Gasteiger partial charge in [-0.2, -0.15) is 5.10 Å². The van der Waals surface area contributed by atoms with Crippen LogP contribution in [0.2, 0.25) is 5.02 Å². The topological polar surface area (TPSA) is 59.8 Å². The molecule has 0 saturated heterocycles. The number of para-hydroxylation sites is 1. The van der Waals surface area contributed by atoms with Gasteiger partial charge in [0.25, 0.3) is 5.91 Å². The van der Waals surface area contributed by atoms with Crippen LogP contribution in [0.25, 0.3) is 26.1 Å². The van der Waals surface area contributed by atoms with Crippen molar-refractivity contribution in [1.82, 2.24) is 14.8 Å². The zero-order chi connectivity index (χ0) is 21.0. The number of thiazole rings is 1. The number of fused-ring (bicyclic) bond motifs is 2. The van der Waals surface area contributed by atoms with E-state index >= 15 is 0 Å². The largest absolute Gasteiger partial charge is 0.297 e. The van der Waals surface area contributed by atoms with Crippen molar-refractivity contribution in [2.75, 3.05) is 5.32 Å². The number of halogens is 3. The Hall–Kier alpha value is -2.88. The predicted molar refractivity (Wildman–Crippen MR) is 116 cm³/mol. The number of thiophene rings is 1. The molecule has 5 nitrogen and oxygen atoms in total. The first kappa shape index (κ1) is 19.1. The van der Waals surface area contributed by atoms with E-state index in [-0.39, 0.29) is 16.6 Å². The van der Waals surface area contributed by atoms with Crippen LogP contribution in [0.3, 0.4) is 0 Å². The maximum Gasteiger partial charge on any atom is 0.267 e. The van der Waals surface area contributed by atoms with E-state index in [4.69, 9.17) is 11.6 Å². The number of amides is 1. The molecule has 5 rings (SSSR count). The third kappa shape index (κ3) is 3.15. The van der Waals surface area contributed by atoms with Gasteiger partial charge in [0.15, 0.2) is 10.9 Å². The minimum Gasteiger partial charge on any atom is -0.297 e. The summed E-state index contributed by atoms with van der Waals surface area (Å²) in [5, 5.41) is 8.78. The molecule has 2 aromatic carbocycles. The molecule has 150 valence electrons. The standard InChI is InChI=1S/C20H11ClF2N4OS2/c1-9-11-8-16(29-19(11)27(26-9)14-5-3-2-4-12(14)21)18(28)25-20-24-17-13(23)6-10(22)7-15(17)30-20/h2-8H,1H3,(H,24,25,28). The van der Waals surface area contributed by atoms with E-state index in [0.717, 1.165) is 39.0 Å². The van der Waals surface area contributed by atoms with E-state index in [2.05, 4.69) is 15.4 Å². The first-order chi connectivity index (χ1) is 14.4. The summed E-state index contributed by atoms with van der Waals surface area (Å²) in [6.45, 7) is 1.86. The first-order valence-electron chi connectivity index (χ1n) is 8.72. The van der Waals surface area contributed by atoms with E-state index < -0.39 is 11.6 Å². The molecule has 1 N–H and O–H groups in total. The lowest BCUT2D eigenvalue weighted by atomic mass is 10.3. The Kier molecular flexibility index (Phi) is 4.53. The number of benzene rings is 2. The Morgan fingerprint density at radius 3 is 2.77 bits per heavy atom. The predicted octanol–water partition coefficient (Wildman–Crippen LogP) is 6.19. The zero-order valence-corrected chi connectivity index (χ0v) is 17.6. The minimum atomic E-state index is -0.765. The van der Waals surface area contributed by atoms with Gasteiger partial charge in [-0.15, -0.1) is 11.3 Å². The van der Waals surface area contributed by atoms with Gasteiger partial charge in [0.1, 0.15) is 16.2 Å². The van der Waals surface area contributed by atoms with Crippen molar-refractivity contribution in [3.63, 3.8) is 0 Å². The highest BCUT2D eigenvalue weighted by Crippen LogP contribution is 2.34. The van der Waals surface area contributed by atoms with Crippen LogP contribution in [0, 0.1) is 18.6 Å². The summed E-state index contributed by atoms with van der Waals surface area (Å²) in [6, 6.07) is 11.0. The van der Waals surface area contributed by atoms with Gasteiger partial charge in [0.05, 0.1) is 26.0 Å². The number of carbonyl (C=O) groups excluding carboxylic acids is 1. The SMILES string of the molecule is Cc1nn(-c2ccccc2Cl)c2sc(C(=O)Nc3nc4c(F)cc(F)cc4s3)cc12. The molecule has 10 heteroatoms. The monoisotopic (exact) mass is 460 g/mol. The molecule has 30 heavy (non-hydrogen) atoms. The third-order valence-corrected chi connectivity index (χ3v) is 6.83. The van der Waals surface area contributed by atoms with Crippen LogP contribution in [0.15, 0.2) is 42.5 Å². The molecule has 0 atom stereocenters. The molecule has 0 unspecified atom stereocenters. The maximum absolute atomic E-state index is 13.9. The highest BCUT2D eigenvalue weighted by atomic mass is 35.5. The van der Waals surface area contributed by atoms with Crippen LogP contribution in [0.1, 0.15) is 15.4 Å². The average Bonchev–Trinajstić information content (AvgIpc) is 3.37. The van der Waals surface area contributed by atoms with Crippen molar-refractivity contribution in [3.8, 4) is 5.69 Å². The molecule has 5 aromatic rings. The lowest BCUT2D eigenvalue weighted by Crippen LogP contribution is -2.09. The molecule has 0 spiro atoms. The number of carbonyl (C=O) groups is 1. The number of anilines is 1. The Labute approximate surface area is 181 Å². The van der Waals surface area contributed by atoms with E-state index in [1.165, 1.54) is 17.4 Å². The van der Waals surface area contributed by atoms with Gasteiger partial charge in [-0.1, -0.05) is 35.1 Å². The summed E-state index contributed by atoms with van der Waals surface area (Å²) >= 11 is 8.58. The number of hydrogen-bond acceptors (Lipinski definition) is 5. The quantitative estimate of drug-likeness (QED) is 0.349. The van der Waals surface area contributed by atoms with E-state index in [0.29, 0.717) is 14.6 Å². The Balaban J connectivity index is 1.51. The fourth-order valence-electron chi connectivity index (χ4n) is 3.12. The van der Waals surface area contributed by atoms with Gasteiger partial charge in [0.2, 0.25) is 0 Å². The van der Waals surface area contributed by atoms with Crippen molar-refractivity contribution < 1.29 is 13.6 Å². The number of aromatic nitrogens is 3. The van der Waals surface area contributed by atoms with Gasteiger partial charge in [-0.05, 0) is 31.2 Å². The van der Waals surface area contributed by atoms with Gasteiger partial charge in [-0.3, -0.25) is 10.1 Å². The molecule has 0 saturated carbocycles. The van der Waals surface area contributed by atoms with Crippen molar-refractivity contribution in [1.29, 1.82) is 0 Å². The highest BCUT2D eigenvalue weighted by Gasteiger charge is 2.19. The van der Waals surface area contributed by atoms with Crippen LogP contribution < -0.4 is 5.32 Å². The molecule has 0 aliphatic carbocycles. The van der Waals surface area contributed by atoms with Crippen molar-refractivity contribution in [2.24, 2.45) is 0 Å². The molecular weight excluding hydrogens is 450 g/mol. The van der Waals surface area contributed by atoms with Gasteiger partial charge >= 0.3 is 0 Å². The van der Waals surface area contributed by atoms with Crippen molar-refractivity contribution >= 4 is 65.7 Å². The number of nitrogens with one attached hydrogen (secondary N) is 1. The third-order valence-electron chi connectivity index (χ3n) is 4.48. The second-order valence-corrected chi connectivity index (χ2v) is 8.95. The molecule has 3 heterocycles. The molecule has 3 aromatic heterocycles. The number of hydrogen-bond donors (Lipinski definition) is 1. The fraction of sp³-hybridized carbons (Fsp3) is 0.0500. The molecule has 0 radical (unpaired) electrons. The number of rotatable bonds is 3. The van der Waals surface area contributed by atoms with Crippen LogP contribution in [0.4, 0.5) is 13.9 Å². The lowest BCUT2D eigenvalue weighted by molar-refractivity contribution is 0.103. The first-order valence-corrected chi connectivity index (χ1v) is 10.7. The summed E-state index contributed by atoms with van der Waals surface area (Å²) in [5.74, 6) is -1.84. The van der Waals surface area contributed by atoms with Gasteiger partial charge in [0, 0.05) is 11.5 Å². The normalized spacial score (nSPS) is 11.5. The second kappa shape index (κ2) is 7.12. The van der Waals surface area contributed by atoms with Crippen molar-refractivity contribution in [2.45, 2.75) is 6.92 Å². The van der Waals surface area contributed by atoms with Crippen LogP contribution in [-0.2, 0) is 0 Å². The summed E-state index contributed by atoms with van der Waals surface area (Å²) in [4.78, 5) is 18.1. The summed E-state index contributed by atoms with van der Waals surface area (Å²) in [6.07, 6.45) is 0. The molecule has 1 amide bonds. The maximum atomic E-state index is 13.9. The van der Waals surface area contributed by atoms with E-state index in [9.17, 15) is 13.6 Å². The molecule has 0 aliphatic heterocycles. The number of nitrogens with zero attached hydrogens (tertiary/aromatic N) is 3. The molecular formula is C20H11ClF2N4OS2. The van der Waals surface area contributed by atoms with Crippen LogP contribution in [0.5, 0.6) is 0 Å². The van der Waals surface area contributed by atoms with E-state index in [1.54, 1.807) is 16.8 Å².